The lowest BCUT2D eigenvalue weighted by atomic mass is 9.96. The Hall–Kier alpha value is -2.61. The molecule has 0 spiro atoms. The first kappa shape index (κ1) is 14.9. The van der Waals surface area contributed by atoms with Gasteiger partial charge in [0.1, 0.15) is 4.88 Å². The number of amides is 1. The summed E-state index contributed by atoms with van der Waals surface area (Å²) in [6, 6.07) is 9.77. The van der Waals surface area contributed by atoms with Gasteiger partial charge in [-0.05, 0) is 24.4 Å². The summed E-state index contributed by atoms with van der Waals surface area (Å²) in [5.74, 6) is 1.46. The molecule has 1 fully saturated rings. The molecule has 0 radical (unpaired) electrons. The Bertz CT molecular complexity index is 810. The molecule has 3 heterocycles. The summed E-state index contributed by atoms with van der Waals surface area (Å²) >= 11 is 1.13. The first-order valence-electron chi connectivity index (χ1n) is 7.77. The van der Waals surface area contributed by atoms with Gasteiger partial charge in [0.25, 0.3) is 5.91 Å². The third-order valence-electron chi connectivity index (χ3n) is 4.18. The van der Waals surface area contributed by atoms with E-state index >= 15 is 0 Å². The lowest BCUT2D eigenvalue weighted by Gasteiger charge is -2.29. The zero-order chi connectivity index (χ0) is 16.4. The van der Waals surface area contributed by atoms with E-state index in [2.05, 4.69) is 19.7 Å². The molecule has 1 aromatic carbocycles. The Morgan fingerprint density at radius 3 is 2.71 bits per heavy atom. The SMILES string of the molecule is O=C(c1cnns1)N1CCC(c2nc(-c3ccccc3)no2)CC1. The van der Waals surface area contributed by atoms with Gasteiger partial charge in [0.15, 0.2) is 0 Å². The van der Waals surface area contributed by atoms with Crippen molar-refractivity contribution in [3.63, 3.8) is 0 Å². The minimum Gasteiger partial charge on any atom is -0.339 e. The van der Waals surface area contributed by atoms with Crippen molar-refractivity contribution in [1.29, 1.82) is 0 Å². The number of hydrogen-bond donors (Lipinski definition) is 0. The zero-order valence-electron chi connectivity index (χ0n) is 12.8. The topological polar surface area (TPSA) is 85.0 Å². The summed E-state index contributed by atoms with van der Waals surface area (Å²) in [7, 11) is 0. The minimum absolute atomic E-state index is 0.000969. The van der Waals surface area contributed by atoms with Crippen LogP contribution in [0.2, 0.25) is 0 Å². The van der Waals surface area contributed by atoms with Gasteiger partial charge in [-0.3, -0.25) is 4.79 Å². The van der Waals surface area contributed by atoms with Gasteiger partial charge in [0.05, 0.1) is 6.20 Å². The molecule has 4 rings (SSSR count). The maximum atomic E-state index is 12.3. The molecule has 3 aromatic rings. The van der Waals surface area contributed by atoms with Crippen molar-refractivity contribution in [2.45, 2.75) is 18.8 Å². The molecular formula is C16H15N5O2S. The third kappa shape index (κ3) is 2.92. The highest BCUT2D eigenvalue weighted by atomic mass is 32.1. The first-order chi connectivity index (χ1) is 11.8. The number of likely N-dealkylation sites (tertiary alicyclic amines) is 1. The van der Waals surface area contributed by atoms with Crippen LogP contribution < -0.4 is 0 Å². The van der Waals surface area contributed by atoms with E-state index in [0.717, 1.165) is 29.9 Å². The Morgan fingerprint density at radius 2 is 2.00 bits per heavy atom. The van der Waals surface area contributed by atoms with E-state index in [1.807, 2.05) is 35.2 Å². The lowest BCUT2D eigenvalue weighted by molar-refractivity contribution is 0.0709. The largest absolute Gasteiger partial charge is 0.339 e. The van der Waals surface area contributed by atoms with Crippen LogP contribution in [0.15, 0.2) is 41.1 Å². The highest BCUT2D eigenvalue weighted by Crippen LogP contribution is 2.29. The Balaban J connectivity index is 1.41. The quantitative estimate of drug-likeness (QED) is 0.728. The molecule has 0 unspecified atom stereocenters. The maximum Gasteiger partial charge on any atom is 0.267 e. The molecule has 0 bridgehead atoms. The molecule has 0 atom stereocenters. The highest BCUT2D eigenvalue weighted by molar-refractivity contribution is 7.07. The molecule has 24 heavy (non-hydrogen) atoms. The van der Waals surface area contributed by atoms with E-state index in [-0.39, 0.29) is 11.8 Å². The van der Waals surface area contributed by atoms with Crippen molar-refractivity contribution in [3.8, 4) is 11.4 Å². The summed E-state index contributed by atoms with van der Waals surface area (Å²) in [6.07, 6.45) is 3.14. The lowest BCUT2D eigenvalue weighted by Crippen LogP contribution is -2.37. The van der Waals surface area contributed by atoms with Gasteiger partial charge in [0, 0.05) is 24.6 Å². The second-order valence-corrected chi connectivity index (χ2v) is 6.46. The van der Waals surface area contributed by atoms with Gasteiger partial charge in [0.2, 0.25) is 11.7 Å². The average Bonchev–Trinajstić information content (AvgIpc) is 3.34. The monoisotopic (exact) mass is 341 g/mol. The molecule has 1 saturated heterocycles. The maximum absolute atomic E-state index is 12.3. The van der Waals surface area contributed by atoms with Crippen LogP contribution in [0.3, 0.4) is 0 Å². The van der Waals surface area contributed by atoms with Crippen molar-refractivity contribution in [2.24, 2.45) is 0 Å². The Labute approximate surface area is 142 Å². The van der Waals surface area contributed by atoms with Crippen molar-refractivity contribution in [3.05, 3.63) is 47.3 Å². The fourth-order valence-corrected chi connectivity index (χ4v) is 3.34. The van der Waals surface area contributed by atoms with Gasteiger partial charge in [-0.1, -0.05) is 40.0 Å². The molecule has 0 N–H and O–H groups in total. The van der Waals surface area contributed by atoms with Gasteiger partial charge in [-0.2, -0.15) is 4.98 Å². The van der Waals surface area contributed by atoms with Crippen LogP contribution in [0.4, 0.5) is 0 Å². The number of rotatable bonds is 3. The molecule has 2 aromatic heterocycles. The molecular weight excluding hydrogens is 326 g/mol. The van der Waals surface area contributed by atoms with Crippen molar-refractivity contribution < 1.29 is 9.32 Å². The third-order valence-corrected chi connectivity index (χ3v) is 4.83. The minimum atomic E-state index is -0.000969. The van der Waals surface area contributed by atoms with Gasteiger partial charge in [-0.15, -0.1) is 5.10 Å². The van der Waals surface area contributed by atoms with Crippen molar-refractivity contribution in [1.82, 2.24) is 24.6 Å². The van der Waals surface area contributed by atoms with Crippen LogP contribution in [0.5, 0.6) is 0 Å². The smallest absolute Gasteiger partial charge is 0.267 e. The van der Waals surface area contributed by atoms with E-state index in [9.17, 15) is 4.79 Å². The van der Waals surface area contributed by atoms with Gasteiger partial charge in [-0.25, -0.2) is 0 Å². The summed E-state index contributed by atoms with van der Waals surface area (Å²) in [5.41, 5.74) is 0.942. The Kier molecular flexibility index (Phi) is 4.04. The number of carbonyl (C=O) groups excluding carboxylic acids is 1. The summed E-state index contributed by atoms with van der Waals surface area (Å²) in [6.45, 7) is 1.34. The van der Waals surface area contributed by atoms with E-state index in [1.165, 1.54) is 6.20 Å². The fraction of sp³-hybridized carbons (Fsp3) is 0.312. The normalized spacial score (nSPS) is 15.6. The zero-order valence-corrected chi connectivity index (χ0v) is 13.6. The molecule has 0 aliphatic carbocycles. The van der Waals surface area contributed by atoms with E-state index in [4.69, 9.17) is 4.52 Å². The average molecular weight is 341 g/mol. The summed E-state index contributed by atoms with van der Waals surface area (Å²) in [5, 5.41) is 7.79. The van der Waals surface area contributed by atoms with Crippen LogP contribution in [0, 0.1) is 0 Å². The molecule has 1 aliphatic heterocycles. The van der Waals surface area contributed by atoms with Crippen LogP contribution in [-0.4, -0.2) is 43.6 Å². The number of benzene rings is 1. The van der Waals surface area contributed by atoms with Crippen molar-refractivity contribution in [2.75, 3.05) is 13.1 Å². The van der Waals surface area contributed by atoms with Crippen LogP contribution in [-0.2, 0) is 0 Å². The second kappa shape index (κ2) is 6.48. The van der Waals surface area contributed by atoms with Gasteiger partial charge >= 0.3 is 0 Å². The fourth-order valence-electron chi connectivity index (χ4n) is 2.85. The predicted octanol–water partition coefficient (Wildman–Crippen LogP) is 2.61. The van der Waals surface area contributed by atoms with Crippen LogP contribution >= 0.6 is 11.5 Å². The number of aromatic nitrogens is 4. The predicted molar refractivity (Wildman–Crippen MR) is 87.5 cm³/mol. The van der Waals surface area contributed by atoms with Crippen LogP contribution in [0.1, 0.15) is 34.3 Å². The van der Waals surface area contributed by atoms with E-state index < -0.39 is 0 Å². The number of nitrogens with zero attached hydrogens (tertiary/aromatic N) is 5. The molecule has 1 aliphatic rings. The second-order valence-electron chi connectivity index (χ2n) is 5.67. The molecule has 7 nitrogen and oxygen atoms in total. The summed E-state index contributed by atoms with van der Waals surface area (Å²) in [4.78, 5) is 19.2. The molecule has 0 saturated carbocycles. The number of piperidine rings is 1. The Morgan fingerprint density at radius 1 is 1.21 bits per heavy atom. The molecule has 8 heteroatoms. The van der Waals surface area contributed by atoms with Crippen molar-refractivity contribution >= 4 is 17.4 Å². The number of carbonyl (C=O) groups is 1. The van der Waals surface area contributed by atoms with Gasteiger partial charge < -0.3 is 9.42 Å². The highest BCUT2D eigenvalue weighted by Gasteiger charge is 2.28. The number of hydrogen-bond acceptors (Lipinski definition) is 7. The van der Waals surface area contributed by atoms with Crippen LogP contribution in [0.25, 0.3) is 11.4 Å². The standard InChI is InChI=1S/C16H15N5O2S/c22-16(13-10-17-20-24-13)21-8-6-12(7-9-21)15-18-14(19-23-15)11-4-2-1-3-5-11/h1-5,10,12H,6-9H2. The van der Waals surface area contributed by atoms with E-state index in [0.29, 0.717) is 29.7 Å². The molecule has 1 amide bonds. The van der Waals surface area contributed by atoms with E-state index in [1.54, 1.807) is 0 Å². The molecule has 122 valence electrons. The summed E-state index contributed by atoms with van der Waals surface area (Å²) < 4.78 is 9.19. The first-order valence-corrected chi connectivity index (χ1v) is 8.54.